The lowest BCUT2D eigenvalue weighted by Crippen LogP contribution is -2.44. The summed E-state index contributed by atoms with van der Waals surface area (Å²) in [5.74, 6) is 0. The van der Waals surface area contributed by atoms with Gasteiger partial charge < -0.3 is 12.7 Å². The van der Waals surface area contributed by atoms with E-state index in [1.54, 1.807) is 7.11 Å². The van der Waals surface area contributed by atoms with Crippen LogP contribution in [0.2, 0.25) is 39.3 Å². The fourth-order valence-corrected chi connectivity index (χ4v) is 7.93. The van der Waals surface area contributed by atoms with E-state index in [4.69, 9.17) is 12.7 Å². The summed E-state index contributed by atoms with van der Waals surface area (Å²) in [6.07, 6.45) is 0. The minimum atomic E-state index is -1.90. The molecule has 0 heterocycles. The molecule has 0 spiro atoms. The molecule has 0 aliphatic heterocycles. The van der Waals surface area contributed by atoms with Crippen molar-refractivity contribution in [1.29, 1.82) is 0 Å². The van der Waals surface area contributed by atoms with Gasteiger partial charge in [0.2, 0.25) is 0 Å². The lowest BCUT2D eigenvalue weighted by molar-refractivity contribution is 0.292. The quantitative estimate of drug-likeness (QED) is 0.687. The second-order valence-corrected chi connectivity index (χ2v) is 14.5. The van der Waals surface area contributed by atoms with Crippen molar-refractivity contribution in [3.63, 3.8) is 0 Å². The molecule has 0 unspecified atom stereocenters. The van der Waals surface area contributed by atoms with Crippen molar-refractivity contribution in [3.8, 4) is 0 Å². The molecule has 0 aromatic rings. The highest BCUT2D eigenvalue weighted by Crippen LogP contribution is 2.11. The topological polar surface area (TPSA) is 27.7 Å². The highest BCUT2D eigenvalue weighted by atomic mass is 28.5. The van der Waals surface area contributed by atoms with Crippen molar-refractivity contribution in [2.24, 2.45) is 0 Å². The fourth-order valence-electron chi connectivity index (χ4n) is 0.840. The smallest absolute Gasteiger partial charge is 0.360 e. The van der Waals surface area contributed by atoms with Crippen molar-refractivity contribution in [3.05, 3.63) is 0 Å². The molecule has 0 atom stereocenters. The average molecular weight is 237 g/mol. The van der Waals surface area contributed by atoms with E-state index < -0.39 is 26.2 Å². The second kappa shape index (κ2) is 4.85. The van der Waals surface area contributed by atoms with Gasteiger partial charge in [0.25, 0.3) is 0 Å². The third kappa shape index (κ3) is 7.59. The van der Waals surface area contributed by atoms with Crippen LogP contribution in [0, 0.1) is 0 Å². The molecule has 0 fully saturated rings. The van der Waals surface area contributed by atoms with E-state index in [1.807, 2.05) is 19.6 Å². The van der Waals surface area contributed by atoms with Gasteiger partial charge in [-0.3, -0.25) is 0 Å². The van der Waals surface area contributed by atoms with Crippen molar-refractivity contribution in [2.75, 3.05) is 7.11 Å². The summed E-state index contributed by atoms with van der Waals surface area (Å²) in [7, 11) is -2.76. The Bertz CT molecular complexity index is 156. The molecule has 13 heavy (non-hydrogen) atoms. The SMILES string of the molecule is CO[Si](C)(C)O[Si](C)O[Si](C)(C)C. The molecule has 3 nitrogen and oxygen atoms in total. The van der Waals surface area contributed by atoms with Crippen LogP contribution in [0.5, 0.6) is 0 Å². The van der Waals surface area contributed by atoms with Crippen LogP contribution >= 0.6 is 0 Å². The van der Waals surface area contributed by atoms with E-state index in [0.29, 0.717) is 0 Å². The van der Waals surface area contributed by atoms with E-state index in [9.17, 15) is 0 Å². The zero-order valence-electron chi connectivity index (χ0n) is 9.72. The van der Waals surface area contributed by atoms with Crippen LogP contribution in [0.3, 0.4) is 0 Å². The molecule has 79 valence electrons. The van der Waals surface area contributed by atoms with Crippen molar-refractivity contribution in [1.82, 2.24) is 0 Å². The first-order valence-corrected chi connectivity index (χ1v) is 12.5. The Morgan fingerprint density at radius 1 is 0.923 bits per heavy atom. The molecule has 1 radical (unpaired) electrons. The van der Waals surface area contributed by atoms with Crippen LogP contribution in [0.15, 0.2) is 0 Å². The molecule has 0 saturated carbocycles. The summed E-state index contributed by atoms with van der Waals surface area (Å²) in [6.45, 7) is 12.6. The van der Waals surface area contributed by atoms with Gasteiger partial charge in [-0.15, -0.1) is 0 Å². The molecule has 6 heteroatoms. The standard InChI is InChI=1S/C7H21O3Si3/c1-8-13(6,7)10-11(2)9-12(3,4)5/h1-7H3. The Balaban J connectivity index is 3.94. The molecule has 0 N–H and O–H groups in total. The highest BCUT2D eigenvalue weighted by molar-refractivity contribution is 6.79. The zero-order valence-corrected chi connectivity index (χ0v) is 12.7. The fraction of sp³-hybridized carbons (Fsp3) is 1.00. The van der Waals surface area contributed by atoms with Gasteiger partial charge in [0.1, 0.15) is 0 Å². The first-order valence-electron chi connectivity index (χ1n) is 4.43. The maximum absolute atomic E-state index is 5.85. The summed E-state index contributed by atoms with van der Waals surface area (Å²) in [5, 5.41) is 0. The van der Waals surface area contributed by atoms with Crippen LogP contribution in [0.4, 0.5) is 0 Å². The van der Waals surface area contributed by atoms with Crippen LogP contribution in [0.1, 0.15) is 0 Å². The molecule has 0 amide bonds. The first-order chi connectivity index (χ1) is 5.66. The molecule has 0 bridgehead atoms. The van der Waals surface area contributed by atoms with Crippen molar-refractivity contribution in [2.45, 2.75) is 39.3 Å². The summed E-state index contributed by atoms with van der Waals surface area (Å²) in [5.41, 5.74) is 0. The van der Waals surface area contributed by atoms with Crippen LogP contribution in [-0.4, -0.2) is 33.3 Å². The Morgan fingerprint density at radius 2 is 1.38 bits per heavy atom. The van der Waals surface area contributed by atoms with E-state index in [-0.39, 0.29) is 0 Å². The molecule has 0 aliphatic carbocycles. The predicted molar refractivity (Wildman–Crippen MR) is 61.6 cm³/mol. The highest BCUT2D eigenvalue weighted by Gasteiger charge is 2.30. The molecule has 0 rings (SSSR count). The third-order valence-corrected chi connectivity index (χ3v) is 9.03. The molecular formula is C7H21O3Si3. The van der Waals surface area contributed by atoms with Gasteiger partial charge in [-0.25, -0.2) is 0 Å². The van der Waals surface area contributed by atoms with Gasteiger partial charge >= 0.3 is 17.8 Å². The maximum atomic E-state index is 5.85. The van der Waals surface area contributed by atoms with Crippen molar-refractivity contribution < 1.29 is 12.7 Å². The van der Waals surface area contributed by atoms with Gasteiger partial charge in [-0.05, 0) is 39.3 Å². The minimum absolute atomic E-state index is 1.12. The molecule has 0 aromatic heterocycles. The van der Waals surface area contributed by atoms with Gasteiger partial charge in [0, 0.05) is 7.11 Å². The van der Waals surface area contributed by atoms with Crippen molar-refractivity contribution >= 4 is 26.2 Å². The predicted octanol–water partition coefficient (Wildman–Crippen LogP) is 2.32. The lowest BCUT2D eigenvalue weighted by Gasteiger charge is -2.28. The minimum Gasteiger partial charge on any atom is -0.436 e. The van der Waals surface area contributed by atoms with Crippen LogP contribution in [-0.2, 0) is 12.7 Å². The lowest BCUT2D eigenvalue weighted by atomic mass is 11.8. The Kier molecular flexibility index (Phi) is 5.05. The molecule has 0 aliphatic rings. The van der Waals surface area contributed by atoms with E-state index >= 15 is 0 Å². The molecule has 0 aromatic carbocycles. The van der Waals surface area contributed by atoms with E-state index in [2.05, 4.69) is 19.6 Å². The Hall–Kier alpha value is 0.531. The monoisotopic (exact) mass is 237 g/mol. The number of hydrogen-bond acceptors (Lipinski definition) is 3. The summed E-state index contributed by atoms with van der Waals surface area (Å²) in [4.78, 5) is 0. The van der Waals surface area contributed by atoms with Gasteiger partial charge in [-0.1, -0.05) is 0 Å². The number of rotatable bonds is 5. The van der Waals surface area contributed by atoms with Gasteiger partial charge in [0.05, 0.1) is 0 Å². The van der Waals surface area contributed by atoms with Crippen LogP contribution in [0.25, 0.3) is 0 Å². The Morgan fingerprint density at radius 3 is 1.69 bits per heavy atom. The molecule has 0 saturated heterocycles. The largest absolute Gasteiger partial charge is 0.436 e. The zero-order chi connectivity index (χ0) is 10.7. The summed E-state index contributed by atoms with van der Waals surface area (Å²) < 4.78 is 16.9. The normalized spacial score (nSPS) is 13.8. The van der Waals surface area contributed by atoms with E-state index in [0.717, 1.165) is 0 Å². The summed E-state index contributed by atoms with van der Waals surface area (Å²) in [6, 6.07) is 0. The molecular weight excluding hydrogens is 216 g/mol. The second-order valence-electron chi connectivity index (χ2n) is 4.41. The average Bonchev–Trinajstić information content (AvgIpc) is 1.81. The number of hydrogen-bond donors (Lipinski definition) is 0. The summed E-state index contributed by atoms with van der Waals surface area (Å²) >= 11 is 0. The van der Waals surface area contributed by atoms with E-state index in [1.165, 1.54) is 0 Å². The van der Waals surface area contributed by atoms with Gasteiger partial charge in [0.15, 0.2) is 8.32 Å². The first kappa shape index (κ1) is 13.5. The maximum Gasteiger partial charge on any atom is 0.360 e. The third-order valence-electron chi connectivity index (χ3n) is 1.33. The van der Waals surface area contributed by atoms with Gasteiger partial charge in [-0.2, -0.15) is 0 Å². The Labute approximate surface area is 85.6 Å². The van der Waals surface area contributed by atoms with Crippen LogP contribution < -0.4 is 0 Å².